The van der Waals surface area contributed by atoms with Gasteiger partial charge in [0.05, 0.1) is 12.6 Å². The quantitative estimate of drug-likeness (QED) is 0.738. The predicted molar refractivity (Wildman–Crippen MR) is 98.0 cm³/mol. The number of aromatic nitrogens is 2. The summed E-state index contributed by atoms with van der Waals surface area (Å²) in [7, 11) is 3.90. The van der Waals surface area contributed by atoms with E-state index in [0.29, 0.717) is 0 Å². The maximum absolute atomic E-state index is 5.43. The molecule has 0 radical (unpaired) electrons. The zero-order valence-electron chi connectivity index (χ0n) is 14.1. The van der Waals surface area contributed by atoms with Crippen molar-refractivity contribution in [2.45, 2.75) is 13.0 Å². The van der Waals surface area contributed by atoms with Crippen LogP contribution in [0, 0.1) is 0 Å². The number of fused-ring (bicyclic) bond motifs is 3. The Morgan fingerprint density at radius 1 is 1.25 bits per heavy atom. The van der Waals surface area contributed by atoms with Gasteiger partial charge >= 0.3 is 0 Å². The lowest BCUT2D eigenvalue weighted by Crippen LogP contribution is -2.26. The van der Waals surface area contributed by atoms with Crippen LogP contribution in [0.2, 0.25) is 0 Å². The Morgan fingerprint density at radius 3 is 2.96 bits per heavy atom. The summed E-state index contributed by atoms with van der Waals surface area (Å²) in [6.45, 7) is 2.06. The van der Waals surface area contributed by atoms with Crippen LogP contribution in [-0.4, -0.2) is 35.2 Å². The first kappa shape index (κ1) is 15.0. The molecule has 3 aromatic rings. The Labute approximate surface area is 142 Å². The number of ether oxygens (including phenoxy) is 1. The second-order valence-electron chi connectivity index (χ2n) is 6.27. The van der Waals surface area contributed by atoms with E-state index in [-0.39, 0.29) is 0 Å². The Bertz CT molecular complexity index is 896. The largest absolute Gasteiger partial charge is 0.497 e. The van der Waals surface area contributed by atoms with Crippen LogP contribution in [0.1, 0.15) is 16.8 Å². The predicted octanol–water partition coefficient (Wildman–Crippen LogP) is 3.66. The van der Waals surface area contributed by atoms with Crippen molar-refractivity contribution in [1.29, 1.82) is 0 Å². The molecule has 0 spiro atoms. The van der Waals surface area contributed by atoms with Gasteiger partial charge in [0.15, 0.2) is 0 Å². The lowest BCUT2D eigenvalue weighted by molar-refractivity contribution is 0.312. The van der Waals surface area contributed by atoms with Crippen molar-refractivity contribution in [3.8, 4) is 5.75 Å². The molecule has 0 bridgehead atoms. The Kier molecular flexibility index (Phi) is 3.82. The third kappa shape index (κ3) is 2.59. The van der Waals surface area contributed by atoms with Crippen LogP contribution in [-0.2, 0) is 13.0 Å². The smallest absolute Gasteiger partial charge is 0.119 e. The minimum absolute atomic E-state index is 0.909. The van der Waals surface area contributed by atoms with E-state index in [9.17, 15) is 0 Å². The van der Waals surface area contributed by atoms with Crippen LogP contribution in [0.15, 0.2) is 42.7 Å². The second-order valence-corrected chi connectivity index (χ2v) is 6.27. The minimum Gasteiger partial charge on any atom is -0.497 e. The van der Waals surface area contributed by atoms with E-state index < -0.39 is 0 Å². The zero-order valence-corrected chi connectivity index (χ0v) is 14.1. The standard InChI is InChI=1S/C20H21N3O/c1-22-10-8-20-18(14-22)17-12-16(24-2)5-6-19(17)23(20)11-7-15-4-3-9-21-13-15/h3-7,9,11-13H,8,10,14H2,1-2H3. The van der Waals surface area contributed by atoms with Crippen molar-refractivity contribution >= 4 is 23.2 Å². The van der Waals surface area contributed by atoms with Gasteiger partial charge in [0.2, 0.25) is 0 Å². The van der Waals surface area contributed by atoms with E-state index in [1.807, 2.05) is 18.3 Å². The van der Waals surface area contributed by atoms with Gasteiger partial charge in [-0.15, -0.1) is 0 Å². The van der Waals surface area contributed by atoms with Crippen molar-refractivity contribution < 1.29 is 4.74 Å². The van der Waals surface area contributed by atoms with Crippen molar-refractivity contribution in [2.75, 3.05) is 20.7 Å². The molecule has 4 nitrogen and oxygen atoms in total. The molecule has 1 aliphatic rings. The molecule has 0 N–H and O–H groups in total. The summed E-state index contributed by atoms with van der Waals surface area (Å²) >= 11 is 0. The molecule has 24 heavy (non-hydrogen) atoms. The van der Waals surface area contributed by atoms with Crippen LogP contribution in [0.5, 0.6) is 5.75 Å². The molecule has 122 valence electrons. The highest BCUT2D eigenvalue weighted by Gasteiger charge is 2.21. The molecular weight excluding hydrogens is 298 g/mol. The highest BCUT2D eigenvalue weighted by Crippen LogP contribution is 2.33. The zero-order chi connectivity index (χ0) is 16.5. The van der Waals surface area contributed by atoms with Gasteiger partial charge in [-0.2, -0.15) is 0 Å². The summed E-state index contributed by atoms with van der Waals surface area (Å²) < 4.78 is 7.75. The van der Waals surface area contributed by atoms with E-state index in [0.717, 1.165) is 30.8 Å². The fourth-order valence-electron chi connectivity index (χ4n) is 3.44. The lowest BCUT2D eigenvalue weighted by Gasteiger charge is -2.23. The Morgan fingerprint density at radius 2 is 2.17 bits per heavy atom. The number of benzene rings is 1. The molecule has 1 aliphatic heterocycles. The summed E-state index contributed by atoms with van der Waals surface area (Å²) in [6, 6.07) is 10.4. The average molecular weight is 319 g/mol. The molecule has 3 heterocycles. The Balaban J connectivity index is 1.87. The van der Waals surface area contributed by atoms with Crippen molar-refractivity contribution in [3.63, 3.8) is 0 Å². The molecular formula is C20H21N3O. The van der Waals surface area contributed by atoms with Gasteiger partial charge in [-0.05, 0) is 48.5 Å². The summed E-state index contributed by atoms with van der Waals surface area (Å²) in [5.41, 5.74) is 5.15. The van der Waals surface area contributed by atoms with Crippen molar-refractivity contribution in [2.24, 2.45) is 0 Å². The molecule has 0 aliphatic carbocycles. The van der Waals surface area contributed by atoms with Crippen LogP contribution in [0.25, 0.3) is 23.2 Å². The molecule has 0 unspecified atom stereocenters. The van der Waals surface area contributed by atoms with E-state index in [1.165, 1.54) is 22.2 Å². The molecule has 0 atom stereocenters. The fraction of sp³-hybridized carbons (Fsp3) is 0.250. The summed E-state index contributed by atoms with van der Waals surface area (Å²) in [5.74, 6) is 0.909. The molecule has 4 rings (SSSR count). The van der Waals surface area contributed by atoms with Crippen LogP contribution in [0.3, 0.4) is 0 Å². The Hall–Kier alpha value is -2.59. The normalized spacial score (nSPS) is 15.1. The van der Waals surface area contributed by atoms with E-state index in [4.69, 9.17) is 4.74 Å². The number of hydrogen-bond acceptors (Lipinski definition) is 3. The minimum atomic E-state index is 0.909. The van der Waals surface area contributed by atoms with Gasteiger partial charge in [0, 0.05) is 49.2 Å². The molecule has 0 saturated heterocycles. The number of likely N-dealkylation sites (N-methyl/N-ethyl adjacent to an activating group) is 1. The summed E-state index contributed by atoms with van der Waals surface area (Å²) in [4.78, 5) is 6.55. The fourth-order valence-corrected chi connectivity index (χ4v) is 3.44. The van der Waals surface area contributed by atoms with Gasteiger partial charge in [-0.3, -0.25) is 4.98 Å². The first-order valence-electron chi connectivity index (χ1n) is 8.23. The van der Waals surface area contributed by atoms with Crippen LogP contribution >= 0.6 is 0 Å². The van der Waals surface area contributed by atoms with Crippen LogP contribution in [0.4, 0.5) is 0 Å². The number of rotatable bonds is 3. The van der Waals surface area contributed by atoms with Gasteiger partial charge in [0.25, 0.3) is 0 Å². The number of hydrogen-bond donors (Lipinski definition) is 0. The molecule has 2 aromatic heterocycles. The lowest BCUT2D eigenvalue weighted by atomic mass is 10.0. The molecule has 4 heteroatoms. The highest BCUT2D eigenvalue weighted by atomic mass is 16.5. The average Bonchev–Trinajstić information content (AvgIpc) is 2.93. The molecule has 1 aromatic carbocycles. The highest BCUT2D eigenvalue weighted by molar-refractivity contribution is 5.89. The third-order valence-electron chi connectivity index (χ3n) is 4.69. The molecule has 0 amide bonds. The van der Waals surface area contributed by atoms with Crippen molar-refractivity contribution in [3.05, 3.63) is 59.5 Å². The molecule has 0 fully saturated rings. The van der Waals surface area contributed by atoms with Gasteiger partial charge in [-0.25, -0.2) is 0 Å². The number of nitrogens with zero attached hydrogens (tertiary/aromatic N) is 3. The van der Waals surface area contributed by atoms with E-state index >= 15 is 0 Å². The van der Waals surface area contributed by atoms with Crippen LogP contribution < -0.4 is 4.74 Å². The number of methoxy groups -OCH3 is 1. The maximum atomic E-state index is 5.43. The SMILES string of the molecule is COc1ccc2c(c1)c1c(n2C=Cc2cccnc2)CCN(C)C1. The van der Waals surface area contributed by atoms with Crippen molar-refractivity contribution in [1.82, 2.24) is 14.5 Å². The topological polar surface area (TPSA) is 30.3 Å². The first-order chi connectivity index (χ1) is 11.8. The van der Waals surface area contributed by atoms with Gasteiger partial charge in [0.1, 0.15) is 5.75 Å². The van der Waals surface area contributed by atoms with Gasteiger partial charge in [-0.1, -0.05) is 6.07 Å². The summed E-state index contributed by atoms with van der Waals surface area (Å²) in [5, 5.41) is 1.28. The maximum Gasteiger partial charge on any atom is 0.119 e. The van der Waals surface area contributed by atoms with Gasteiger partial charge < -0.3 is 14.2 Å². The second kappa shape index (κ2) is 6.13. The first-order valence-corrected chi connectivity index (χ1v) is 8.23. The molecule has 0 saturated carbocycles. The van der Waals surface area contributed by atoms with E-state index in [2.05, 4.69) is 52.0 Å². The third-order valence-corrected chi connectivity index (χ3v) is 4.69. The number of pyridine rings is 1. The summed E-state index contributed by atoms with van der Waals surface area (Å²) in [6.07, 6.45) is 9.02. The monoisotopic (exact) mass is 319 g/mol. The van der Waals surface area contributed by atoms with E-state index in [1.54, 1.807) is 13.3 Å².